The van der Waals surface area contributed by atoms with Crippen LogP contribution in [-0.4, -0.2) is 48.5 Å². The second-order valence-electron chi connectivity index (χ2n) is 5.50. The molecule has 1 aliphatic rings. The van der Waals surface area contributed by atoms with Crippen molar-refractivity contribution in [2.75, 3.05) is 32.4 Å². The number of aryl methyl sites for hydroxylation is 1. The first-order valence-corrected chi connectivity index (χ1v) is 8.91. The molecule has 2 rings (SSSR count). The van der Waals surface area contributed by atoms with Gasteiger partial charge in [-0.15, -0.1) is 0 Å². The van der Waals surface area contributed by atoms with E-state index in [4.69, 9.17) is 0 Å². The SMILES string of the molecule is CCC1CN(C(=NC)NCCc2ccccc2C)CCS1. The molecule has 1 aromatic carbocycles. The lowest BCUT2D eigenvalue weighted by molar-refractivity contribution is 0.408. The third kappa shape index (κ3) is 4.67. The topological polar surface area (TPSA) is 27.6 Å². The molecular weight excluding hydrogens is 278 g/mol. The summed E-state index contributed by atoms with van der Waals surface area (Å²) in [7, 11) is 1.89. The van der Waals surface area contributed by atoms with E-state index in [0.29, 0.717) is 0 Å². The van der Waals surface area contributed by atoms with Crippen LogP contribution < -0.4 is 5.32 Å². The van der Waals surface area contributed by atoms with Crippen molar-refractivity contribution in [2.24, 2.45) is 4.99 Å². The van der Waals surface area contributed by atoms with Gasteiger partial charge in [-0.25, -0.2) is 0 Å². The normalized spacial score (nSPS) is 19.7. The van der Waals surface area contributed by atoms with Gasteiger partial charge in [0, 0.05) is 37.7 Å². The number of hydrogen-bond acceptors (Lipinski definition) is 2. The number of benzene rings is 1. The number of nitrogens with one attached hydrogen (secondary N) is 1. The van der Waals surface area contributed by atoms with E-state index in [2.05, 4.69) is 65.1 Å². The van der Waals surface area contributed by atoms with Gasteiger partial charge >= 0.3 is 0 Å². The summed E-state index contributed by atoms with van der Waals surface area (Å²) in [4.78, 5) is 6.86. The highest BCUT2D eigenvalue weighted by Crippen LogP contribution is 2.21. The fraction of sp³-hybridized carbons (Fsp3) is 0.588. The minimum atomic E-state index is 0.744. The Kier molecular flexibility index (Phi) is 6.43. The van der Waals surface area contributed by atoms with Crippen molar-refractivity contribution >= 4 is 17.7 Å². The van der Waals surface area contributed by atoms with Crippen LogP contribution in [0.2, 0.25) is 0 Å². The summed E-state index contributed by atoms with van der Waals surface area (Å²) in [5, 5.41) is 4.27. The maximum absolute atomic E-state index is 4.46. The van der Waals surface area contributed by atoms with Gasteiger partial charge in [-0.05, 0) is 30.9 Å². The maximum Gasteiger partial charge on any atom is 0.193 e. The number of rotatable bonds is 4. The molecule has 1 fully saturated rings. The van der Waals surface area contributed by atoms with Crippen LogP contribution in [0.1, 0.15) is 24.5 Å². The van der Waals surface area contributed by atoms with E-state index in [9.17, 15) is 0 Å². The molecule has 0 saturated carbocycles. The Morgan fingerprint density at radius 1 is 1.43 bits per heavy atom. The molecule has 1 saturated heterocycles. The van der Waals surface area contributed by atoms with Crippen molar-refractivity contribution in [3.05, 3.63) is 35.4 Å². The van der Waals surface area contributed by atoms with Gasteiger partial charge in [-0.3, -0.25) is 4.99 Å². The lowest BCUT2D eigenvalue weighted by Gasteiger charge is -2.34. The third-order valence-corrected chi connectivity index (χ3v) is 5.42. The van der Waals surface area contributed by atoms with E-state index in [-0.39, 0.29) is 0 Å². The Morgan fingerprint density at radius 3 is 2.95 bits per heavy atom. The lowest BCUT2D eigenvalue weighted by Crippen LogP contribution is -2.48. The van der Waals surface area contributed by atoms with Gasteiger partial charge in [-0.2, -0.15) is 11.8 Å². The van der Waals surface area contributed by atoms with E-state index < -0.39 is 0 Å². The number of nitrogens with zero attached hydrogens (tertiary/aromatic N) is 2. The minimum absolute atomic E-state index is 0.744. The molecule has 1 N–H and O–H groups in total. The van der Waals surface area contributed by atoms with E-state index in [1.54, 1.807) is 0 Å². The summed E-state index contributed by atoms with van der Waals surface area (Å²) in [5.41, 5.74) is 2.79. The predicted octanol–water partition coefficient (Wildman–Crippen LogP) is 2.94. The van der Waals surface area contributed by atoms with E-state index in [1.165, 1.54) is 23.3 Å². The molecule has 1 aliphatic heterocycles. The highest BCUT2D eigenvalue weighted by atomic mass is 32.2. The van der Waals surface area contributed by atoms with Crippen LogP contribution in [0.5, 0.6) is 0 Å². The van der Waals surface area contributed by atoms with Crippen molar-refractivity contribution in [1.82, 2.24) is 10.2 Å². The van der Waals surface area contributed by atoms with Crippen molar-refractivity contribution in [1.29, 1.82) is 0 Å². The first-order valence-electron chi connectivity index (χ1n) is 7.86. The summed E-state index contributed by atoms with van der Waals surface area (Å²) in [6, 6.07) is 8.61. The average Bonchev–Trinajstić information content (AvgIpc) is 2.53. The quantitative estimate of drug-likeness (QED) is 0.684. The largest absolute Gasteiger partial charge is 0.356 e. The summed E-state index contributed by atoms with van der Waals surface area (Å²) in [6.07, 6.45) is 2.28. The van der Waals surface area contributed by atoms with Gasteiger partial charge < -0.3 is 10.2 Å². The number of hydrogen-bond donors (Lipinski definition) is 1. The molecule has 1 unspecified atom stereocenters. The fourth-order valence-electron chi connectivity index (χ4n) is 2.69. The molecule has 1 atom stereocenters. The zero-order valence-electron chi connectivity index (χ0n) is 13.4. The summed E-state index contributed by atoms with van der Waals surface area (Å²) in [6.45, 7) is 7.61. The Morgan fingerprint density at radius 2 is 2.24 bits per heavy atom. The first kappa shape index (κ1) is 16.2. The zero-order chi connectivity index (χ0) is 15.1. The number of thioether (sulfide) groups is 1. The van der Waals surface area contributed by atoms with E-state index >= 15 is 0 Å². The van der Waals surface area contributed by atoms with Crippen LogP contribution in [0.15, 0.2) is 29.3 Å². The summed E-state index contributed by atoms with van der Waals surface area (Å²) >= 11 is 2.09. The van der Waals surface area contributed by atoms with Gasteiger partial charge in [0.1, 0.15) is 0 Å². The molecule has 21 heavy (non-hydrogen) atoms. The molecule has 1 aromatic rings. The first-order chi connectivity index (χ1) is 10.2. The van der Waals surface area contributed by atoms with Crippen LogP contribution in [0.25, 0.3) is 0 Å². The Hall–Kier alpha value is -1.16. The zero-order valence-corrected chi connectivity index (χ0v) is 14.2. The van der Waals surface area contributed by atoms with Crippen LogP contribution in [0.4, 0.5) is 0 Å². The molecular formula is C17H27N3S. The molecule has 4 heteroatoms. The molecule has 0 radical (unpaired) electrons. The third-order valence-electron chi connectivity index (χ3n) is 4.04. The van der Waals surface area contributed by atoms with Gasteiger partial charge in [0.2, 0.25) is 0 Å². The highest BCUT2D eigenvalue weighted by Gasteiger charge is 2.21. The van der Waals surface area contributed by atoms with Crippen molar-refractivity contribution in [3.63, 3.8) is 0 Å². The Bertz CT molecular complexity index is 473. The molecule has 116 valence electrons. The monoisotopic (exact) mass is 305 g/mol. The molecule has 0 bridgehead atoms. The second kappa shape index (κ2) is 8.32. The van der Waals surface area contributed by atoms with Crippen molar-refractivity contribution in [3.8, 4) is 0 Å². The molecule has 0 amide bonds. The maximum atomic E-state index is 4.46. The van der Waals surface area contributed by atoms with E-state index in [1.807, 2.05) is 7.05 Å². The predicted molar refractivity (Wildman–Crippen MR) is 94.4 cm³/mol. The number of guanidine groups is 1. The highest BCUT2D eigenvalue weighted by molar-refractivity contribution is 8.00. The Balaban J connectivity index is 1.84. The van der Waals surface area contributed by atoms with E-state index in [0.717, 1.165) is 37.3 Å². The summed E-state index contributed by atoms with van der Waals surface area (Å²) in [5.74, 6) is 2.26. The van der Waals surface area contributed by atoms with Gasteiger partial charge in [0.15, 0.2) is 5.96 Å². The van der Waals surface area contributed by atoms with Crippen molar-refractivity contribution < 1.29 is 0 Å². The fourth-order valence-corrected chi connectivity index (χ4v) is 3.87. The van der Waals surface area contributed by atoms with Gasteiger partial charge in [-0.1, -0.05) is 31.2 Å². The second-order valence-corrected chi connectivity index (χ2v) is 6.91. The summed E-state index contributed by atoms with van der Waals surface area (Å²) < 4.78 is 0. The van der Waals surface area contributed by atoms with Crippen LogP contribution in [0, 0.1) is 6.92 Å². The molecule has 3 nitrogen and oxygen atoms in total. The van der Waals surface area contributed by atoms with Crippen molar-refractivity contribution in [2.45, 2.75) is 31.9 Å². The lowest BCUT2D eigenvalue weighted by atomic mass is 10.1. The molecule has 0 spiro atoms. The van der Waals surface area contributed by atoms with Crippen LogP contribution >= 0.6 is 11.8 Å². The standard InChI is InChI=1S/C17H27N3S/c1-4-16-13-20(11-12-21-16)17(18-3)19-10-9-15-8-6-5-7-14(15)2/h5-8,16H,4,9-13H2,1-3H3,(H,18,19). The molecule has 0 aromatic heterocycles. The molecule has 1 heterocycles. The van der Waals surface area contributed by atoms with Crippen LogP contribution in [0.3, 0.4) is 0 Å². The van der Waals surface area contributed by atoms with Crippen LogP contribution in [-0.2, 0) is 6.42 Å². The average molecular weight is 305 g/mol. The number of aliphatic imine (C=N–C) groups is 1. The van der Waals surface area contributed by atoms with Gasteiger partial charge in [0.05, 0.1) is 0 Å². The van der Waals surface area contributed by atoms with Gasteiger partial charge in [0.25, 0.3) is 0 Å². The minimum Gasteiger partial charge on any atom is -0.356 e. The molecule has 0 aliphatic carbocycles. The Labute approximate surface area is 133 Å². The smallest absolute Gasteiger partial charge is 0.193 e.